The number of ether oxygens (including phenoxy) is 1. The summed E-state index contributed by atoms with van der Waals surface area (Å²) in [5.41, 5.74) is 3.38. The molecule has 0 saturated heterocycles. The first kappa shape index (κ1) is 14.8. The smallest absolute Gasteiger partial charge is 0.186 e. The Bertz CT molecular complexity index is 567. The number of rotatable bonds is 4. The third kappa shape index (κ3) is 3.30. The minimum Gasteiger partial charge on any atom is -0.497 e. The lowest BCUT2D eigenvalue weighted by molar-refractivity contribution is 0.303. The van der Waals surface area contributed by atoms with Crippen molar-refractivity contribution in [3.05, 3.63) is 35.4 Å². The number of allylic oxidation sites excluding steroid dienone is 1. The molecule has 0 bridgehead atoms. The van der Waals surface area contributed by atoms with E-state index in [4.69, 9.17) is 9.16 Å². The Hall–Kier alpha value is -1.57. The molecule has 0 radical (unpaired) electrons. The first-order valence-electron chi connectivity index (χ1n) is 6.89. The fourth-order valence-electron chi connectivity index (χ4n) is 2.44. The van der Waals surface area contributed by atoms with E-state index in [1.54, 1.807) is 7.11 Å². The van der Waals surface area contributed by atoms with Gasteiger partial charge in [0, 0.05) is 0 Å². The molecule has 0 fully saturated rings. The summed E-state index contributed by atoms with van der Waals surface area (Å²) in [6.45, 7) is 6.32. The van der Waals surface area contributed by atoms with E-state index in [2.05, 4.69) is 37.9 Å². The first-order chi connectivity index (χ1) is 9.44. The van der Waals surface area contributed by atoms with Crippen LogP contribution in [0, 0.1) is 11.3 Å². The molecule has 1 atom stereocenters. The molecule has 1 aliphatic carbocycles. The molecule has 1 aromatic carbocycles. The topological polar surface area (TPSA) is 42.2 Å². The fourth-order valence-corrected chi connectivity index (χ4v) is 3.33. The lowest BCUT2D eigenvalue weighted by Crippen LogP contribution is -2.32. The Morgan fingerprint density at radius 2 is 2.05 bits per heavy atom. The van der Waals surface area contributed by atoms with Crippen LogP contribution in [-0.4, -0.2) is 21.5 Å². The average molecular weight is 287 g/mol. The second kappa shape index (κ2) is 5.82. The molecule has 1 aliphatic rings. The monoisotopic (exact) mass is 287 g/mol. The van der Waals surface area contributed by atoms with Crippen molar-refractivity contribution in [1.82, 2.24) is 0 Å². The van der Waals surface area contributed by atoms with E-state index in [1.807, 2.05) is 12.1 Å². The molecule has 0 heterocycles. The van der Waals surface area contributed by atoms with Gasteiger partial charge in [-0.3, -0.25) is 0 Å². The summed E-state index contributed by atoms with van der Waals surface area (Å²) >= 11 is 0. The Morgan fingerprint density at radius 1 is 1.30 bits per heavy atom. The number of nitriles is 1. The minimum absolute atomic E-state index is 0.464. The molecule has 0 aliphatic heterocycles. The second-order valence-corrected chi connectivity index (χ2v) is 10.4. The number of benzene rings is 1. The maximum Gasteiger partial charge on any atom is 0.186 e. The van der Waals surface area contributed by atoms with Crippen LogP contribution < -0.4 is 4.74 Å². The van der Waals surface area contributed by atoms with Crippen molar-refractivity contribution in [2.75, 3.05) is 7.11 Å². The summed E-state index contributed by atoms with van der Waals surface area (Å²) < 4.78 is 11.3. The summed E-state index contributed by atoms with van der Waals surface area (Å²) in [6, 6.07) is 8.36. The zero-order chi connectivity index (χ0) is 14.8. The zero-order valence-electron chi connectivity index (χ0n) is 12.6. The molecule has 0 saturated carbocycles. The number of hydrogen-bond acceptors (Lipinski definition) is 3. The normalized spacial score (nSPS) is 15.8. The van der Waals surface area contributed by atoms with E-state index in [9.17, 15) is 5.26 Å². The van der Waals surface area contributed by atoms with Gasteiger partial charge in [0.25, 0.3) is 0 Å². The molecule has 1 unspecified atom stereocenters. The average Bonchev–Trinajstić information content (AvgIpc) is 2.42. The van der Waals surface area contributed by atoms with Gasteiger partial charge >= 0.3 is 0 Å². The first-order valence-corrected chi connectivity index (χ1v) is 10.3. The predicted octanol–water partition coefficient (Wildman–Crippen LogP) is 3.77. The van der Waals surface area contributed by atoms with Crippen molar-refractivity contribution in [2.24, 2.45) is 0 Å². The van der Waals surface area contributed by atoms with Crippen molar-refractivity contribution in [3.63, 3.8) is 0 Å². The molecule has 20 heavy (non-hydrogen) atoms. The summed E-state index contributed by atoms with van der Waals surface area (Å²) in [5, 5.41) is 9.45. The quantitative estimate of drug-likeness (QED) is 0.792. The molecule has 4 heteroatoms. The van der Waals surface area contributed by atoms with Gasteiger partial charge in [0.05, 0.1) is 13.2 Å². The molecule has 0 aromatic heterocycles. The highest BCUT2D eigenvalue weighted by Crippen LogP contribution is 2.33. The summed E-state index contributed by atoms with van der Waals surface area (Å²) in [5.74, 6) is 0.865. The van der Waals surface area contributed by atoms with Gasteiger partial charge in [0.1, 0.15) is 5.75 Å². The molecule has 0 amide bonds. The van der Waals surface area contributed by atoms with Crippen molar-refractivity contribution in [1.29, 1.82) is 5.26 Å². The maximum atomic E-state index is 9.45. The fraction of sp³-hybridized carbons (Fsp3) is 0.438. The minimum atomic E-state index is -1.75. The van der Waals surface area contributed by atoms with Gasteiger partial charge in [-0.05, 0) is 61.3 Å². The zero-order valence-corrected chi connectivity index (χ0v) is 13.6. The van der Waals surface area contributed by atoms with E-state index >= 15 is 0 Å². The van der Waals surface area contributed by atoms with Gasteiger partial charge in [0.2, 0.25) is 0 Å². The SMILES string of the molecule is COc1ccc2c(c1)CCC=C2C(C#N)O[Si](C)(C)C. The van der Waals surface area contributed by atoms with E-state index in [0.717, 1.165) is 29.7 Å². The molecule has 2 rings (SSSR count). The van der Waals surface area contributed by atoms with Crippen molar-refractivity contribution in [2.45, 2.75) is 38.6 Å². The lowest BCUT2D eigenvalue weighted by Gasteiger charge is -2.27. The van der Waals surface area contributed by atoms with Crippen LogP contribution >= 0.6 is 0 Å². The molecule has 0 N–H and O–H groups in total. The van der Waals surface area contributed by atoms with Crippen LogP contribution in [0.25, 0.3) is 5.57 Å². The summed E-state index contributed by atoms with van der Waals surface area (Å²) in [4.78, 5) is 0. The largest absolute Gasteiger partial charge is 0.497 e. The van der Waals surface area contributed by atoms with Gasteiger partial charge in [-0.15, -0.1) is 0 Å². The number of hydrogen-bond donors (Lipinski definition) is 0. The Labute approximate surface area is 122 Å². The Morgan fingerprint density at radius 3 is 2.65 bits per heavy atom. The van der Waals surface area contributed by atoms with E-state index in [0.29, 0.717) is 0 Å². The highest BCUT2D eigenvalue weighted by molar-refractivity contribution is 6.69. The lowest BCUT2D eigenvalue weighted by atomic mass is 9.88. The van der Waals surface area contributed by atoms with E-state index in [-0.39, 0.29) is 0 Å². The van der Waals surface area contributed by atoms with Gasteiger partial charge in [-0.1, -0.05) is 12.1 Å². The molecule has 106 valence electrons. The van der Waals surface area contributed by atoms with Crippen LogP contribution in [-0.2, 0) is 10.8 Å². The van der Waals surface area contributed by atoms with Gasteiger partial charge in [-0.2, -0.15) is 5.26 Å². The van der Waals surface area contributed by atoms with Crippen LogP contribution in [0.15, 0.2) is 24.3 Å². The Kier molecular flexibility index (Phi) is 4.31. The number of methoxy groups -OCH3 is 1. The van der Waals surface area contributed by atoms with Gasteiger partial charge in [0.15, 0.2) is 14.4 Å². The third-order valence-corrected chi connectivity index (χ3v) is 4.22. The Balaban J connectivity index is 2.35. The number of nitrogens with zero attached hydrogens (tertiary/aromatic N) is 1. The molecule has 1 aromatic rings. The summed E-state index contributed by atoms with van der Waals surface area (Å²) in [6.07, 6.45) is 3.61. The standard InChI is InChI=1S/C16H21NO2Si/c1-18-13-8-9-14-12(10-13)6-5-7-15(14)16(11-17)19-20(2,3)4/h7-10,16H,5-6H2,1-4H3. The third-order valence-electron chi connectivity index (χ3n) is 3.27. The molecule has 3 nitrogen and oxygen atoms in total. The van der Waals surface area contributed by atoms with E-state index in [1.165, 1.54) is 5.56 Å². The van der Waals surface area contributed by atoms with Crippen LogP contribution in [0.5, 0.6) is 5.75 Å². The molecule has 0 spiro atoms. The van der Waals surface area contributed by atoms with E-state index < -0.39 is 14.4 Å². The van der Waals surface area contributed by atoms with Crippen LogP contribution in [0.1, 0.15) is 17.5 Å². The van der Waals surface area contributed by atoms with Crippen LogP contribution in [0.2, 0.25) is 19.6 Å². The highest BCUT2D eigenvalue weighted by atomic mass is 28.4. The van der Waals surface area contributed by atoms with Gasteiger partial charge < -0.3 is 9.16 Å². The van der Waals surface area contributed by atoms with Gasteiger partial charge in [-0.25, -0.2) is 0 Å². The van der Waals surface area contributed by atoms with Crippen LogP contribution in [0.4, 0.5) is 0 Å². The molecular weight excluding hydrogens is 266 g/mol. The maximum absolute atomic E-state index is 9.45. The molecular formula is C16H21NO2Si. The predicted molar refractivity (Wildman–Crippen MR) is 83.1 cm³/mol. The number of fused-ring (bicyclic) bond motifs is 1. The highest BCUT2D eigenvalue weighted by Gasteiger charge is 2.27. The van der Waals surface area contributed by atoms with Crippen molar-refractivity contribution >= 4 is 13.9 Å². The van der Waals surface area contributed by atoms with Crippen molar-refractivity contribution in [3.8, 4) is 11.8 Å². The summed E-state index contributed by atoms with van der Waals surface area (Å²) in [7, 11) is -0.0780. The number of aryl methyl sites for hydroxylation is 1. The second-order valence-electron chi connectivity index (χ2n) is 5.96. The van der Waals surface area contributed by atoms with Crippen molar-refractivity contribution < 1.29 is 9.16 Å². The van der Waals surface area contributed by atoms with Crippen LogP contribution in [0.3, 0.4) is 0 Å².